The zero-order valence-corrected chi connectivity index (χ0v) is 7.34. The Morgan fingerprint density at radius 3 is 2.73 bits per heavy atom. The number of rotatable bonds is 0. The van der Waals surface area contributed by atoms with Gasteiger partial charge >= 0.3 is 0 Å². The maximum absolute atomic E-state index is 9.78. The number of hydrogen-bond donors (Lipinski definition) is 1. The Bertz CT molecular complexity index is 153. The third-order valence-corrected chi connectivity index (χ3v) is 4.00. The standard InChI is InChI=1S/C10H18O/c1-10-7-3-2-4-8(10)5-6-9(10)11/h8-9,11H,2-7H2,1H3/t8-,9?,10+/m1/s1. The molecule has 0 spiro atoms. The molecule has 2 saturated carbocycles. The average Bonchev–Trinajstić information content (AvgIpc) is 2.29. The average molecular weight is 154 g/mol. The predicted molar refractivity (Wildman–Crippen MR) is 45.3 cm³/mol. The minimum absolute atomic E-state index is 0.00722. The van der Waals surface area contributed by atoms with E-state index in [0.717, 1.165) is 12.3 Å². The van der Waals surface area contributed by atoms with Gasteiger partial charge in [-0.3, -0.25) is 0 Å². The molecule has 0 aromatic heterocycles. The Morgan fingerprint density at radius 2 is 2.00 bits per heavy atom. The first-order valence-electron chi connectivity index (χ1n) is 4.91. The van der Waals surface area contributed by atoms with Gasteiger partial charge in [-0.15, -0.1) is 0 Å². The van der Waals surface area contributed by atoms with Crippen LogP contribution in [0.4, 0.5) is 0 Å². The van der Waals surface area contributed by atoms with Gasteiger partial charge in [-0.25, -0.2) is 0 Å². The highest BCUT2D eigenvalue weighted by molar-refractivity contribution is 4.96. The van der Waals surface area contributed by atoms with Crippen molar-refractivity contribution in [1.29, 1.82) is 0 Å². The van der Waals surface area contributed by atoms with Crippen molar-refractivity contribution in [3.63, 3.8) is 0 Å². The summed E-state index contributed by atoms with van der Waals surface area (Å²) >= 11 is 0. The molecule has 0 aliphatic heterocycles. The van der Waals surface area contributed by atoms with Crippen molar-refractivity contribution in [2.75, 3.05) is 0 Å². The minimum Gasteiger partial charge on any atom is -0.393 e. The van der Waals surface area contributed by atoms with E-state index in [0.29, 0.717) is 5.41 Å². The molecule has 64 valence electrons. The van der Waals surface area contributed by atoms with E-state index >= 15 is 0 Å². The zero-order valence-electron chi connectivity index (χ0n) is 7.34. The Morgan fingerprint density at radius 1 is 1.18 bits per heavy atom. The topological polar surface area (TPSA) is 20.2 Å². The number of aliphatic hydroxyl groups excluding tert-OH is 1. The lowest BCUT2D eigenvalue weighted by molar-refractivity contribution is 0.0138. The summed E-state index contributed by atoms with van der Waals surface area (Å²) in [5.74, 6) is 0.839. The van der Waals surface area contributed by atoms with Crippen molar-refractivity contribution in [3.8, 4) is 0 Å². The third kappa shape index (κ3) is 1.01. The highest BCUT2D eigenvalue weighted by Crippen LogP contribution is 2.51. The van der Waals surface area contributed by atoms with E-state index in [2.05, 4.69) is 6.92 Å². The second-order valence-electron chi connectivity index (χ2n) is 4.54. The van der Waals surface area contributed by atoms with E-state index in [-0.39, 0.29) is 6.10 Å². The first-order valence-corrected chi connectivity index (χ1v) is 4.91. The van der Waals surface area contributed by atoms with Gasteiger partial charge in [0.1, 0.15) is 0 Å². The van der Waals surface area contributed by atoms with Crippen LogP contribution >= 0.6 is 0 Å². The third-order valence-electron chi connectivity index (χ3n) is 4.00. The van der Waals surface area contributed by atoms with Crippen molar-refractivity contribution in [2.45, 2.75) is 51.6 Å². The predicted octanol–water partition coefficient (Wildman–Crippen LogP) is 2.34. The van der Waals surface area contributed by atoms with Gasteiger partial charge in [-0.05, 0) is 37.0 Å². The highest BCUT2D eigenvalue weighted by atomic mass is 16.3. The Kier molecular flexibility index (Phi) is 1.71. The van der Waals surface area contributed by atoms with Crippen LogP contribution in [0.25, 0.3) is 0 Å². The molecule has 2 fully saturated rings. The molecule has 2 rings (SSSR count). The molecule has 0 aromatic carbocycles. The second-order valence-corrected chi connectivity index (χ2v) is 4.54. The van der Waals surface area contributed by atoms with E-state index in [9.17, 15) is 5.11 Å². The van der Waals surface area contributed by atoms with Gasteiger partial charge in [0.15, 0.2) is 0 Å². The summed E-state index contributed by atoms with van der Waals surface area (Å²) in [6.07, 6.45) is 7.70. The zero-order chi connectivity index (χ0) is 7.90. The summed E-state index contributed by atoms with van der Waals surface area (Å²) in [6.45, 7) is 2.29. The fourth-order valence-electron chi connectivity index (χ4n) is 3.03. The molecule has 0 amide bonds. The van der Waals surface area contributed by atoms with Crippen LogP contribution < -0.4 is 0 Å². The highest BCUT2D eigenvalue weighted by Gasteiger charge is 2.46. The van der Waals surface area contributed by atoms with E-state index in [1.807, 2.05) is 0 Å². The van der Waals surface area contributed by atoms with Gasteiger partial charge in [0.25, 0.3) is 0 Å². The number of hydrogen-bond acceptors (Lipinski definition) is 1. The quantitative estimate of drug-likeness (QED) is 0.568. The Balaban J connectivity index is 2.16. The summed E-state index contributed by atoms with van der Waals surface area (Å²) in [4.78, 5) is 0. The van der Waals surface area contributed by atoms with Gasteiger partial charge in [0.2, 0.25) is 0 Å². The van der Waals surface area contributed by atoms with Crippen LogP contribution in [0.15, 0.2) is 0 Å². The maximum Gasteiger partial charge on any atom is 0.0596 e. The number of aliphatic hydroxyl groups is 1. The van der Waals surface area contributed by atoms with Crippen molar-refractivity contribution < 1.29 is 5.11 Å². The monoisotopic (exact) mass is 154 g/mol. The summed E-state index contributed by atoms with van der Waals surface area (Å²) in [5, 5.41) is 9.78. The van der Waals surface area contributed by atoms with Crippen LogP contribution in [0.5, 0.6) is 0 Å². The van der Waals surface area contributed by atoms with Gasteiger partial charge in [0, 0.05) is 0 Å². The van der Waals surface area contributed by atoms with E-state index < -0.39 is 0 Å². The Hall–Kier alpha value is -0.0400. The lowest BCUT2D eigenvalue weighted by atomic mass is 9.69. The second kappa shape index (κ2) is 2.48. The van der Waals surface area contributed by atoms with Crippen molar-refractivity contribution >= 4 is 0 Å². The molecule has 1 nitrogen and oxygen atoms in total. The molecule has 0 radical (unpaired) electrons. The van der Waals surface area contributed by atoms with Crippen LogP contribution in [-0.2, 0) is 0 Å². The fourth-order valence-corrected chi connectivity index (χ4v) is 3.03. The largest absolute Gasteiger partial charge is 0.393 e. The van der Waals surface area contributed by atoms with Gasteiger partial charge in [-0.1, -0.05) is 19.8 Å². The van der Waals surface area contributed by atoms with Gasteiger partial charge in [-0.2, -0.15) is 0 Å². The first-order chi connectivity index (χ1) is 5.23. The Labute approximate surface area is 68.8 Å². The number of fused-ring (bicyclic) bond motifs is 1. The SMILES string of the molecule is C[C@]12CCCC[C@@H]1CCC2O. The molecule has 1 N–H and O–H groups in total. The molecule has 0 saturated heterocycles. The molecule has 2 aliphatic rings. The molecule has 2 aliphatic carbocycles. The normalized spacial score (nSPS) is 50.7. The van der Waals surface area contributed by atoms with Crippen molar-refractivity contribution in [1.82, 2.24) is 0 Å². The van der Waals surface area contributed by atoms with Gasteiger partial charge < -0.3 is 5.11 Å². The molecule has 3 atom stereocenters. The molecule has 0 heterocycles. The van der Waals surface area contributed by atoms with Crippen molar-refractivity contribution in [3.05, 3.63) is 0 Å². The smallest absolute Gasteiger partial charge is 0.0596 e. The lowest BCUT2D eigenvalue weighted by Crippen LogP contribution is -2.34. The molecule has 0 aromatic rings. The molecule has 0 bridgehead atoms. The van der Waals surface area contributed by atoms with E-state index in [1.165, 1.54) is 32.1 Å². The first kappa shape index (κ1) is 7.60. The van der Waals surface area contributed by atoms with Crippen LogP contribution in [-0.4, -0.2) is 11.2 Å². The van der Waals surface area contributed by atoms with Crippen LogP contribution in [0, 0.1) is 11.3 Å². The minimum atomic E-state index is 0.00722. The molecule has 1 heteroatoms. The van der Waals surface area contributed by atoms with Crippen molar-refractivity contribution in [2.24, 2.45) is 11.3 Å². The van der Waals surface area contributed by atoms with E-state index in [1.54, 1.807) is 0 Å². The lowest BCUT2D eigenvalue weighted by Gasteiger charge is -2.38. The van der Waals surface area contributed by atoms with Gasteiger partial charge in [0.05, 0.1) is 6.10 Å². The van der Waals surface area contributed by atoms with Crippen LogP contribution in [0.3, 0.4) is 0 Å². The molecular formula is C10H18O. The summed E-state index contributed by atoms with van der Waals surface area (Å²) in [7, 11) is 0. The summed E-state index contributed by atoms with van der Waals surface area (Å²) in [5.41, 5.74) is 0.304. The molecular weight excluding hydrogens is 136 g/mol. The summed E-state index contributed by atoms with van der Waals surface area (Å²) < 4.78 is 0. The van der Waals surface area contributed by atoms with Crippen LogP contribution in [0.1, 0.15) is 45.4 Å². The molecule has 11 heavy (non-hydrogen) atoms. The van der Waals surface area contributed by atoms with E-state index in [4.69, 9.17) is 0 Å². The summed E-state index contributed by atoms with van der Waals surface area (Å²) in [6, 6.07) is 0. The maximum atomic E-state index is 9.78. The van der Waals surface area contributed by atoms with Crippen LogP contribution in [0.2, 0.25) is 0 Å². The molecule has 1 unspecified atom stereocenters. The fraction of sp³-hybridized carbons (Fsp3) is 1.00.